The number of carbonyl (C=O) groups is 1. The number of aryl methyl sites for hydroxylation is 1. The van der Waals surface area contributed by atoms with Crippen molar-refractivity contribution in [3.05, 3.63) is 18.3 Å². The Bertz CT molecular complexity index is 591. The van der Waals surface area contributed by atoms with Crippen LogP contribution in [0.3, 0.4) is 0 Å². The number of hydrogen-bond acceptors (Lipinski definition) is 5. The zero-order valence-corrected chi connectivity index (χ0v) is 12.5. The SMILES string of the molecule is CC[C@H](C)NC(=O)NCc1nc(-c2cnn(CC)c2)no1. The standard InChI is InChI=1S/C13H20N6O2/c1-4-9(3)16-13(20)14-7-11-17-12(18-21-11)10-6-15-19(5-2)8-10/h6,8-9H,4-5,7H2,1-3H3,(H2,14,16,20)/t9-/m0/s1. The molecular formula is C13H20N6O2. The van der Waals surface area contributed by atoms with Gasteiger partial charge in [0.1, 0.15) is 0 Å². The Morgan fingerprint density at radius 2 is 2.29 bits per heavy atom. The van der Waals surface area contributed by atoms with E-state index in [1.165, 1.54) is 0 Å². The van der Waals surface area contributed by atoms with Crippen molar-refractivity contribution in [2.75, 3.05) is 0 Å². The van der Waals surface area contributed by atoms with Crippen LogP contribution in [0.2, 0.25) is 0 Å². The van der Waals surface area contributed by atoms with Crippen molar-refractivity contribution in [2.24, 2.45) is 0 Å². The number of amides is 2. The summed E-state index contributed by atoms with van der Waals surface area (Å²) in [5, 5.41) is 13.5. The molecule has 0 spiro atoms. The summed E-state index contributed by atoms with van der Waals surface area (Å²) in [7, 11) is 0. The highest BCUT2D eigenvalue weighted by atomic mass is 16.5. The second-order valence-electron chi connectivity index (χ2n) is 4.73. The van der Waals surface area contributed by atoms with Crippen LogP contribution in [0.4, 0.5) is 4.79 Å². The van der Waals surface area contributed by atoms with E-state index < -0.39 is 0 Å². The van der Waals surface area contributed by atoms with E-state index in [2.05, 4.69) is 25.9 Å². The first-order valence-corrected chi connectivity index (χ1v) is 7.02. The van der Waals surface area contributed by atoms with Gasteiger partial charge in [0.15, 0.2) is 0 Å². The third kappa shape index (κ3) is 4.04. The second-order valence-corrected chi connectivity index (χ2v) is 4.73. The number of carbonyl (C=O) groups excluding carboxylic acids is 1. The highest BCUT2D eigenvalue weighted by Crippen LogP contribution is 2.14. The molecule has 0 fully saturated rings. The summed E-state index contributed by atoms with van der Waals surface area (Å²) in [4.78, 5) is 15.8. The van der Waals surface area contributed by atoms with Crippen molar-refractivity contribution in [1.82, 2.24) is 30.6 Å². The number of urea groups is 1. The summed E-state index contributed by atoms with van der Waals surface area (Å²) in [5.41, 5.74) is 0.788. The van der Waals surface area contributed by atoms with E-state index in [-0.39, 0.29) is 18.6 Å². The molecule has 21 heavy (non-hydrogen) atoms. The molecule has 8 nitrogen and oxygen atoms in total. The molecule has 0 saturated carbocycles. The Kier molecular flexibility index (Phi) is 4.91. The molecule has 0 aliphatic carbocycles. The molecule has 2 amide bonds. The van der Waals surface area contributed by atoms with Gasteiger partial charge in [-0.15, -0.1) is 0 Å². The molecule has 0 radical (unpaired) electrons. The number of rotatable bonds is 6. The van der Waals surface area contributed by atoms with Gasteiger partial charge in [-0.2, -0.15) is 10.1 Å². The van der Waals surface area contributed by atoms with Crippen LogP contribution in [0.25, 0.3) is 11.4 Å². The molecule has 8 heteroatoms. The van der Waals surface area contributed by atoms with E-state index in [0.29, 0.717) is 11.7 Å². The van der Waals surface area contributed by atoms with Crippen LogP contribution in [-0.2, 0) is 13.1 Å². The Morgan fingerprint density at radius 1 is 1.48 bits per heavy atom. The van der Waals surface area contributed by atoms with Crippen molar-refractivity contribution in [3.63, 3.8) is 0 Å². The molecular weight excluding hydrogens is 272 g/mol. The Hall–Kier alpha value is -2.38. The molecule has 2 aromatic heterocycles. The highest BCUT2D eigenvalue weighted by Gasteiger charge is 2.12. The summed E-state index contributed by atoms with van der Waals surface area (Å²) < 4.78 is 6.88. The third-order valence-corrected chi connectivity index (χ3v) is 3.07. The van der Waals surface area contributed by atoms with E-state index >= 15 is 0 Å². The molecule has 0 aromatic carbocycles. The topological polar surface area (TPSA) is 97.9 Å². The van der Waals surface area contributed by atoms with Gasteiger partial charge in [-0.05, 0) is 20.3 Å². The fraction of sp³-hybridized carbons (Fsp3) is 0.538. The summed E-state index contributed by atoms with van der Waals surface area (Å²) >= 11 is 0. The maximum atomic E-state index is 11.6. The van der Waals surface area contributed by atoms with Gasteiger partial charge in [0, 0.05) is 18.8 Å². The first kappa shape index (κ1) is 15.0. The van der Waals surface area contributed by atoms with Crippen LogP contribution in [0.15, 0.2) is 16.9 Å². The van der Waals surface area contributed by atoms with Crippen LogP contribution in [0.1, 0.15) is 33.1 Å². The Labute approximate surface area is 122 Å². The minimum atomic E-state index is -0.247. The smallest absolute Gasteiger partial charge is 0.315 e. The maximum absolute atomic E-state index is 11.6. The van der Waals surface area contributed by atoms with Crippen molar-refractivity contribution >= 4 is 6.03 Å². The van der Waals surface area contributed by atoms with Crippen LogP contribution >= 0.6 is 0 Å². The quantitative estimate of drug-likeness (QED) is 0.841. The Morgan fingerprint density at radius 3 is 2.95 bits per heavy atom. The summed E-state index contributed by atoms with van der Waals surface area (Å²) in [5.74, 6) is 0.822. The predicted octanol–water partition coefficient (Wildman–Crippen LogP) is 1.55. The van der Waals surface area contributed by atoms with Crippen molar-refractivity contribution < 1.29 is 9.32 Å². The molecule has 114 valence electrons. The van der Waals surface area contributed by atoms with Gasteiger partial charge in [0.05, 0.1) is 18.3 Å². The zero-order valence-electron chi connectivity index (χ0n) is 12.5. The van der Waals surface area contributed by atoms with Gasteiger partial charge in [-0.3, -0.25) is 4.68 Å². The molecule has 0 unspecified atom stereocenters. The molecule has 0 aliphatic rings. The van der Waals surface area contributed by atoms with Crippen LogP contribution in [-0.4, -0.2) is 32.0 Å². The van der Waals surface area contributed by atoms with E-state index in [1.807, 2.05) is 27.0 Å². The van der Waals surface area contributed by atoms with E-state index in [1.54, 1.807) is 10.9 Å². The zero-order chi connectivity index (χ0) is 15.2. The lowest BCUT2D eigenvalue weighted by atomic mass is 10.3. The lowest BCUT2D eigenvalue weighted by molar-refractivity contribution is 0.235. The minimum absolute atomic E-state index is 0.128. The number of aromatic nitrogens is 4. The average molecular weight is 292 g/mol. The molecule has 2 N–H and O–H groups in total. The van der Waals surface area contributed by atoms with Gasteiger partial charge in [-0.1, -0.05) is 12.1 Å². The third-order valence-electron chi connectivity index (χ3n) is 3.07. The molecule has 1 atom stereocenters. The monoisotopic (exact) mass is 292 g/mol. The van der Waals surface area contributed by atoms with Gasteiger partial charge >= 0.3 is 6.03 Å². The van der Waals surface area contributed by atoms with Crippen molar-refractivity contribution in [3.8, 4) is 11.4 Å². The molecule has 2 aromatic rings. The van der Waals surface area contributed by atoms with Crippen LogP contribution in [0.5, 0.6) is 0 Å². The van der Waals surface area contributed by atoms with Gasteiger partial charge in [0.2, 0.25) is 11.7 Å². The first-order chi connectivity index (χ1) is 10.1. The van der Waals surface area contributed by atoms with Gasteiger partial charge < -0.3 is 15.2 Å². The lowest BCUT2D eigenvalue weighted by Gasteiger charge is -2.11. The minimum Gasteiger partial charge on any atom is -0.337 e. The van der Waals surface area contributed by atoms with Gasteiger partial charge in [-0.25, -0.2) is 4.79 Å². The first-order valence-electron chi connectivity index (χ1n) is 7.02. The van der Waals surface area contributed by atoms with Crippen LogP contribution < -0.4 is 10.6 Å². The molecule has 2 rings (SSSR count). The number of nitrogens with zero attached hydrogens (tertiary/aromatic N) is 4. The largest absolute Gasteiger partial charge is 0.337 e. The molecule has 2 heterocycles. The number of hydrogen-bond donors (Lipinski definition) is 2. The predicted molar refractivity (Wildman–Crippen MR) is 76.3 cm³/mol. The summed E-state index contributed by atoms with van der Waals surface area (Å²) in [6.45, 7) is 6.92. The Balaban J connectivity index is 1.90. The average Bonchev–Trinajstić information content (AvgIpc) is 3.13. The summed E-state index contributed by atoms with van der Waals surface area (Å²) in [6.07, 6.45) is 4.40. The van der Waals surface area contributed by atoms with E-state index in [9.17, 15) is 4.79 Å². The fourth-order valence-electron chi connectivity index (χ4n) is 1.63. The number of nitrogens with one attached hydrogen (secondary N) is 2. The summed E-state index contributed by atoms with van der Waals surface area (Å²) in [6, 6.07) is -0.119. The molecule has 0 saturated heterocycles. The molecule has 0 bridgehead atoms. The van der Waals surface area contributed by atoms with Crippen molar-refractivity contribution in [1.29, 1.82) is 0 Å². The van der Waals surface area contributed by atoms with Crippen molar-refractivity contribution in [2.45, 2.75) is 46.3 Å². The highest BCUT2D eigenvalue weighted by molar-refractivity contribution is 5.74. The van der Waals surface area contributed by atoms with E-state index in [0.717, 1.165) is 18.5 Å². The van der Waals surface area contributed by atoms with E-state index in [4.69, 9.17) is 4.52 Å². The normalized spacial score (nSPS) is 12.1. The molecule has 0 aliphatic heterocycles. The fourth-order valence-corrected chi connectivity index (χ4v) is 1.63. The maximum Gasteiger partial charge on any atom is 0.315 e. The lowest BCUT2D eigenvalue weighted by Crippen LogP contribution is -2.40. The second kappa shape index (κ2) is 6.87. The van der Waals surface area contributed by atoms with Gasteiger partial charge in [0.25, 0.3) is 0 Å². The van der Waals surface area contributed by atoms with Crippen LogP contribution in [0, 0.1) is 0 Å².